The molecule has 16 heteroatoms. The van der Waals surface area contributed by atoms with Gasteiger partial charge in [0.1, 0.15) is 0 Å². The van der Waals surface area contributed by atoms with Gasteiger partial charge in [0.2, 0.25) is 0 Å². The topological polar surface area (TPSA) is 109 Å². The molecule has 0 unspecified atom stereocenters. The van der Waals surface area contributed by atoms with E-state index in [1.807, 2.05) is 55.4 Å². The van der Waals surface area contributed by atoms with Gasteiger partial charge < -0.3 is 44.6 Å². The van der Waals surface area contributed by atoms with Crippen LogP contribution in [-0.4, -0.2) is 112 Å². The van der Waals surface area contributed by atoms with Gasteiger partial charge in [-0.05, 0) is 41.5 Å². The van der Waals surface area contributed by atoms with Gasteiger partial charge in [0.25, 0.3) is 0 Å². The quantitative estimate of drug-likeness (QED) is 0.0803. The number of alkyl halides is 2. The lowest BCUT2D eigenvalue weighted by Crippen LogP contribution is -2.47. The number of ether oxygens (including phenoxy) is 1. The molecule has 0 rings (SSSR count). The number of halogens is 2. The molecule has 0 aliphatic carbocycles. The summed E-state index contributed by atoms with van der Waals surface area (Å²) in [6.07, 6.45) is 0. The lowest BCUT2D eigenvalue weighted by Gasteiger charge is -2.28. The Bertz CT molecular complexity index is 489. The number of esters is 1. The van der Waals surface area contributed by atoms with Crippen molar-refractivity contribution in [2.24, 2.45) is 0 Å². The van der Waals surface area contributed by atoms with E-state index in [2.05, 4.69) is 0 Å². The Balaban J connectivity index is -0.000000246. The summed E-state index contributed by atoms with van der Waals surface area (Å²) in [5, 5.41) is 0. The van der Waals surface area contributed by atoms with Crippen molar-refractivity contribution in [3.8, 4) is 0 Å². The van der Waals surface area contributed by atoms with Crippen LogP contribution in [0.3, 0.4) is 0 Å². The van der Waals surface area contributed by atoms with Crippen molar-refractivity contribution < 1.29 is 49.4 Å². The first-order valence-corrected chi connectivity index (χ1v) is 21.1. The zero-order chi connectivity index (χ0) is 32.6. The fourth-order valence-corrected chi connectivity index (χ4v) is 9.77. The van der Waals surface area contributed by atoms with Crippen LogP contribution in [0, 0.1) is 0 Å². The molecule has 0 aromatic heterocycles. The zero-order valence-electron chi connectivity index (χ0n) is 27.7. The molecule has 0 aromatic carbocycles. The molecule has 0 amide bonds. The second-order valence-electron chi connectivity index (χ2n) is 7.41. The van der Waals surface area contributed by atoms with E-state index in [-0.39, 0.29) is 12.6 Å². The molecule has 0 spiro atoms. The molecule has 0 radical (unpaired) electrons. The minimum absolute atomic E-state index is 0.279. The third-order valence-electron chi connectivity index (χ3n) is 4.67. The molecule has 0 aliphatic heterocycles. The van der Waals surface area contributed by atoms with Gasteiger partial charge in [-0.1, -0.05) is 13.8 Å². The standard InChI is InChI=1S/C10H22O5Si.C8H19ClO3Si.C5H14O3Si.C2H5Cl/c1-5-13-16(14-6-2,15-7-3)9-8-12-10(4)11;1-4-10-13(8-7-9,11-5-2)12-6-3;1-5-9(6-2,7-3)8-4;1-2-3/h5-9H2,1-4H3;4-8H2,1-3H3;5H2,1-4H3;2H2,1H3. The van der Waals surface area contributed by atoms with E-state index >= 15 is 0 Å². The minimum Gasteiger partial charge on any atom is -0.466 e. The molecule has 252 valence electrons. The van der Waals surface area contributed by atoms with E-state index < -0.39 is 26.4 Å². The fourth-order valence-electron chi connectivity index (χ4n) is 3.12. The van der Waals surface area contributed by atoms with E-state index in [4.69, 9.17) is 67.8 Å². The van der Waals surface area contributed by atoms with E-state index in [1.54, 1.807) is 21.3 Å². The Kier molecular flexibility index (Phi) is 39.1. The van der Waals surface area contributed by atoms with Gasteiger partial charge in [0, 0.05) is 91.7 Å². The molecule has 0 saturated carbocycles. The van der Waals surface area contributed by atoms with Gasteiger partial charge in [-0.15, -0.1) is 23.2 Å². The van der Waals surface area contributed by atoms with Gasteiger partial charge in [-0.2, -0.15) is 0 Å². The van der Waals surface area contributed by atoms with Crippen LogP contribution >= 0.6 is 23.2 Å². The highest BCUT2D eigenvalue weighted by atomic mass is 35.5. The largest absolute Gasteiger partial charge is 0.504 e. The SMILES string of the molecule is CCCl.CCO[Si](CCCl)(OCC)OCC.CCO[Si](CCOC(C)=O)(OCC)OCC.CC[Si](OC)(OC)OC. The molecule has 0 saturated heterocycles. The maximum atomic E-state index is 10.7. The first kappa shape index (κ1) is 48.3. The van der Waals surface area contributed by atoms with Crippen molar-refractivity contribution in [2.75, 3.05) is 79.3 Å². The van der Waals surface area contributed by atoms with Crippen molar-refractivity contribution in [2.45, 2.75) is 80.4 Å². The van der Waals surface area contributed by atoms with E-state index in [0.717, 1.165) is 11.9 Å². The molecule has 41 heavy (non-hydrogen) atoms. The summed E-state index contributed by atoms with van der Waals surface area (Å²) in [6, 6.07) is 2.00. The highest BCUT2D eigenvalue weighted by Crippen LogP contribution is 2.17. The van der Waals surface area contributed by atoms with Crippen LogP contribution in [0.1, 0.15) is 62.3 Å². The fraction of sp³-hybridized carbons (Fsp3) is 0.960. The van der Waals surface area contributed by atoms with Crippen LogP contribution in [0.25, 0.3) is 0 Å². The first-order chi connectivity index (χ1) is 19.5. The first-order valence-electron chi connectivity index (χ1n) is 14.2. The summed E-state index contributed by atoms with van der Waals surface area (Å²) in [6.45, 7) is 20.5. The van der Waals surface area contributed by atoms with Crippen molar-refractivity contribution in [1.29, 1.82) is 0 Å². The average molecular weight is 692 g/mol. The average Bonchev–Trinajstić information content (AvgIpc) is 2.92. The Morgan fingerprint density at radius 2 is 0.854 bits per heavy atom. The molecule has 0 atom stereocenters. The summed E-state index contributed by atoms with van der Waals surface area (Å²) in [4.78, 5) is 10.7. The van der Waals surface area contributed by atoms with Gasteiger partial charge in [0.05, 0.1) is 12.7 Å². The minimum atomic E-state index is -2.64. The number of carbonyl (C=O) groups is 1. The summed E-state index contributed by atoms with van der Waals surface area (Å²) in [7, 11) is -2.42. The van der Waals surface area contributed by atoms with Gasteiger partial charge in [-0.3, -0.25) is 4.79 Å². The summed E-state index contributed by atoms with van der Waals surface area (Å²) in [5.41, 5.74) is 0. The van der Waals surface area contributed by atoms with Crippen LogP contribution < -0.4 is 0 Å². The predicted molar refractivity (Wildman–Crippen MR) is 172 cm³/mol. The Hall–Kier alpha value is 0.341. The third-order valence-corrected chi connectivity index (χ3v) is 14.0. The van der Waals surface area contributed by atoms with E-state index in [1.165, 1.54) is 6.92 Å². The molecule has 0 heterocycles. The maximum Gasteiger partial charge on any atom is 0.504 e. The van der Waals surface area contributed by atoms with Gasteiger partial charge in [0.15, 0.2) is 0 Å². The smallest absolute Gasteiger partial charge is 0.466 e. The lowest BCUT2D eigenvalue weighted by atomic mass is 10.8. The Morgan fingerprint density at radius 3 is 1.02 bits per heavy atom. The maximum absolute atomic E-state index is 10.7. The second kappa shape index (κ2) is 33.2. The molecular formula is C25H60Cl2O11Si3. The van der Waals surface area contributed by atoms with Crippen LogP contribution in [-0.2, 0) is 49.4 Å². The summed E-state index contributed by atoms with van der Waals surface area (Å²) >= 11 is 10.7. The monoisotopic (exact) mass is 690 g/mol. The molecule has 0 aliphatic rings. The molecular weight excluding hydrogens is 631 g/mol. The lowest BCUT2D eigenvalue weighted by molar-refractivity contribution is -0.140. The van der Waals surface area contributed by atoms with E-state index in [0.29, 0.717) is 57.6 Å². The van der Waals surface area contributed by atoms with Crippen molar-refractivity contribution >= 4 is 55.6 Å². The predicted octanol–water partition coefficient (Wildman–Crippen LogP) is 6.00. The molecule has 11 nitrogen and oxygen atoms in total. The number of rotatable bonds is 21. The number of hydrogen-bond donors (Lipinski definition) is 0. The molecule has 0 fully saturated rings. The highest BCUT2D eigenvalue weighted by molar-refractivity contribution is 6.61. The molecule has 0 N–H and O–H groups in total. The van der Waals surface area contributed by atoms with Crippen molar-refractivity contribution in [1.82, 2.24) is 0 Å². The summed E-state index contributed by atoms with van der Waals surface area (Å²) < 4.78 is 53.6. The van der Waals surface area contributed by atoms with Crippen molar-refractivity contribution in [3.05, 3.63) is 0 Å². The van der Waals surface area contributed by atoms with Crippen LogP contribution in [0.5, 0.6) is 0 Å². The second-order valence-corrected chi connectivity index (χ2v) is 17.1. The Labute approximate surface area is 264 Å². The normalized spacial score (nSPS) is 11.4. The highest BCUT2D eigenvalue weighted by Gasteiger charge is 2.41. The molecule has 0 aromatic rings. The molecule has 0 bridgehead atoms. The zero-order valence-corrected chi connectivity index (χ0v) is 32.2. The Morgan fingerprint density at radius 1 is 0.561 bits per heavy atom. The van der Waals surface area contributed by atoms with Gasteiger partial charge in [-0.25, -0.2) is 0 Å². The van der Waals surface area contributed by atoms with Crippen molar-refractivity contribution in [3.63, 3.8) is 0 Å². The van der Waals surface area contributed by atoms with Crippen LogP contribution in [0.2, 0.25) is 18.1 Å². The number of hydrogen-bond acceptors (Lipinski definition) is 11. The third kappa shape index (κ3) is 26.5. The van der Waals surface area contributed by atoms with Crippen LogP contribution in [0.15, 0.2) is 0 Å². The van der Waals surface area contributed by atoms with Gasteiger partial charge >= 0.3 is 32.4 Å². The van der Waals surface area contributed by atoms with Crippen LogP contribution in [0.4, 0.5) is 0 Å². The van der Waals surface area contributed by atoms with E-state index in [9.17, 15) is 4.79 Å². The summed E-state index contributed by atoms with van der Waals surface area (Å²) in [5.74, 6) is 0.944. The number of carbonyl (C=O) groups excluding carboxylic acids is 1.